The van der Waals surface area contributed by atoms with Crippen LogP contribution in [0.15, 0.2) is 36.5 Å². The van der Waals surface area contributed by atoms with Gasteiger partial charge in [-0.2, -0.15) is 5.10 Å². The Morgan fingerprint density at radius 1 is 1.21 bits per heavy atom. The number of nitrogens with one attached hydrogen (secondary N) is 1. The molecule has 4 rings (SSSR count). The van der Waals surface area contributed by atoms with Crippen molar-refractivity contribution in [1.82, 2.24) is 25.1 Å². The molecular weight excluding hydrogens is 364 g/mol. The quantitative estimate of drug-likeness (QED) is 0.713. The van der Waals surface area contributed by atoms with Crippen LogP contribution >= 0.6 is 0 Å². The Morgan fingerprint density at radius 2 is 1.93 bits per heavy atom. The number of hydrogen-bond donors (Lipinski definition) is 2. The fourth-order valence-corrected chi connectivity index (χ4v) is 4.18. The number of hydrogen-bond acceptors (Lipinski definition) is 5. The van der Waals surface area contributed by atoms with Gasteiger partial charge in [-0.05, 0) is 32.3 Å². The van der Waals surface area contributed by atoms with Gasteiger partial charge in [0.2, 0.25) is 11.9 Å². The maximum absolute atomic E-state index is 13.0. The number of H-pyrrole nitrogens is 1. The summed E-state index contributed by atoms with van der Waals surface area (Å²) < 4.78 is 0. The predicted octanol–water partition coefficient (Wildman–Crippen LogP) is 3.01. The number of rotatable bonds is 4. The van der Waals surface area contributed by atoms with Gasteiger partial charge in [-0.1, -0.05) is 30.3 Å². The summed E-state index contributed by atoms with van der Waals surface area (Å²) in [5.41, 5.74) is 11.5. The largest absolute Gasteiger partial charge is 0.368 e. The molecule has 1 fully saturated rings. The van der Waals surface area contributed by atoms with E-state index in [9.17, 15) is 4.79 Å². The van der Waals surface area contributed by atoms with E-state index in [1.54, 1.807) is 0 Å². The van der Waals surface area contributed by atoms with E-state index >= 15 is 0 Å². The van der Waals surface area contributed by atoms with Gasteiger partial charge in [0.25, 0.3) is 0 Å². The predicted molar refractivity (Wildman–Crippen MR) is 112 cm³/mol. The van der Waals surface area contributed by atoms with Crippen molar-refractivity contribution in [3.8, 4) is 11.1 Å². The average Bonchev–Trinajstić information content (AvgIpc) is 3.21. The first-order valence-corrected chi connectivity index (χ1v) is 9.99. The zero-order valence-electron chi connectivity index (χ0n) is 16.9. The smallest absolute Gasteiger partial charge is 0.227 e. The summed E-state index contributed by atoms with van der Waals surface area (Å²) in [6, 6.07) is 10.2. The minimum atomic E-state index is 0.107. The lowest BCUT2D eigenvalue weighted by Gasteiger charge is -2.33. The second-order valence-electron chi connectivity index (χ2n) is 7.65. The van der Waals surface area contributed by atoms with Crippen molar-refractivity contribution >= 4 is 11.9 Å². The highest BCUT2D eigenvalue weighted by Crippen LogP contribution is 2.33. The van der Waals surface area contributed by atoms with Crippen molar-refractivity contribution in [3.63, 3.8) is 0 Å². The molecule has 0 saturated carbocycles. The molecule has 150 valence electrons. The highest BCUT2D eigenvalue weighted by molar-refractivity contribution is 5.79. The molecule has 1 atom stereocenters. The van der Waals surface area contributed by atoms with Gasteiger partial charge in [-0.15, -0.1) is 0 Å². The summed E-state index contributed by atoms with van der Waals surface area (Å²) in [6.45, 7) is 5.22. The van der Waals surface area contributed by atoms with Crippen molar-refractivity contribution in [2.24, 2.45) is 0 Å². The second-order valence-corrected chi connectivity index (χ2v) is 7.65. The standard InChI is InChI=1S/C22H26N6O/c1-14-18(15(2)26-22(23)25-14)11-20(29)28-10-6-9-17(13-28)21-19(12-24-27-21)16-7-4-3-5-8-16/h3-5,7-8,12,17H,6,9-11,13H2,1-2H3,(H,24,27)(H2,23,25,26). The number of likely N-dealkylation sites (tertiary alicyclic amines) is 1. The van der Waals surface area contributed by atoms with Crippen LogP contribution in [-0.2, 0) is 11.2 Å². The zero-order chi connectivity index (χ0) is 20.4. The molecule has 3 heterocycles. The van der Waals surface area contributed by atoms with Crippen LogP contribution in [0.5, 0.6) is 0 Å². The molecule has 1 saturated heterocycles. The Morgan fingerprint density at radius 3 is 2.66 bits per heavy atom. The van der Waals surface area contributed by atoms with Crippen LogP contribution < -0.4 is 5.73 Å². The van der Waals surface area contributed by atoms with E-state index in [0.29, 0.717) is 13.0 Å². The number of carbonyl (C=O) groups is 1. The van der Waals surface area contributed by atoms with E-state index in [2.05, 4.69) is 32.3 Å². The van der Waals surface area contributed by atoms with Crippen LogP contribution in [0.2, 0.25) is 0 Å². The summed E-state index contributed by atoms with van der Waals surface area (Å²) in [7, 11) is 0. The summed E-state index contributed by atoms with van der Waals surface area (Å²) in [4.78, 5) is 23.4. The molecule has 0 spiro atoms. The maximum Gasteiger partial charge on any atom is 0.227 e. The zero-order valence-corrected chi connectivity index (χ0v) is 16.9. The Balaban J connectivity index is 1.51. The lowest BCUT2D eigenvalue weighted by molar-refractivity contribution is -0.131. The molecule has 3 N–H and O–H groups in total. The van der Waals surface area contributed by atoms with Crippen molar-refractivity contribution in [2.75, 3.05) is 18.8 Å². The van der Waals surface area contributed by atoms with Crippen LogP contribution in [0.1, 0.15) is 41.4 Å². The van der Waals surface area contributed by atoms with E-state index in [1.165, 1.54) is 0 Å². The molecule has 1 aliphatic heterocycles. The first-order chi connectivity index (χ1) is 14.0. The van der Waals surface area contributed by atoms with Gasteiger partial charge >= 0.3 is 0 Å². The highest BCUT2D eigenvalue weighted by atomic mass is 16.2. The van der Waals surface area contributed by atoms with E-state index in [0.717, 1.165) is 53.2 Å². The number of aromatic nitrogens is 4. The monoisotopic (exact) mass is 390 g/mol. The molecule has 1 unspecified atom stereocenters. The molecule has 7 heteroatoms. The molecule has 29 heavy (non-hydrogen) atoms. The molecule has 0 aliphatic carbocycles. The summed E-state index contributed by atoms with van der Waals surface area (Å²) in [6.07, 6.45) is 4.19. The van der Waals surface area contributed by atoms with Gasteiger partial charge in [0.05, 0.1) is 12.6 Å². The molecule has 0 radical (unpaired) electrons. The number of anilines is 1. The van der Waals surface area contributed by atoms with Crippen LogP contribution in [0.4, 0.5) is 5.95 Å². The summed E-state index contributed by atoms with van der Waals surface area (Å²) in [5, 5.41) is 7.47. The maximum atomic E-state index is 13.0. The van der Waals surface area contributed by atoms with E-state index in [4.69, 9.17) is 5.73 Å². The van der Waals surface area contributed by atoms with E-state index < -0.39 is 0 Å². The number of aromatic amines is 1. The van der Waals surface area contributed by atoms with E-state index in [1.807, 2.05) is 43.1 Å². The van der Waals surface area contributed by atoms with E-state index in [-0.39, 0.29) is 17.8 Å². The van der Waals surface area contributed by atoms with Crippen molar-refractivity contribution in [3.05, 3.63) is 59.2 Å². The Labute approximate surface area is 170 Å². The Hall–Kier alpha value is -3.22. The topological polar surface area (TPSA) is 101 Å². The van der Waals surface area contributed by atoms with Crippen molar-refractivity contribution in [1.29, 1.82) is 0 Å². The first-order valence-electron chi connectivity index (χ1n) is 9.99. The number of benzene rings is 1. The number of amides is 1. The molecule has 3 aromatic rings. The van der Waals surface area contributed by atoms with Gasteiger partial charge in [-0.3, -0.25) is 9.89 Å². The van der Waals surface area contributed by atoms with Crippen LogP contribution in [-0.4, -0.2) is 44.1 Å². The highest BCUT2D eigenvalue weighted by Gasteiger charge is 2.28. The molecule has 0 bridgehead atoms. The number of nitrogen functional groups attached to an aromatic ring is 1. The molecular formula is C22H26N6O. The minimum absolute atomic E-state index is 0.107. The number of piperidine rings is 1. The molecule has 2 aromatic heterocycles. The van der Waals surface area contributed by atoms with Crippen LogP contribution in [0, 0.1) is 13.8 Å². The van der Waals surface area contributed by atoms with Crippen LogP contribution in [0.3, 0.4) is 0 Å². The lowest BCUT2D eigenvalue weighted by atomic mass is 9.90. The SMILES string of the molecule is Cc1nc(N)nc(C)c1CC(=O)N1CCCC(c2[nH]ncc2-c2ccccc2)C1. The minimum Gasteiger partial charge on any atom is -0.368 e. The van der Waals surface area contributed by atoms with Crippen molar-refractivity contribution in [2.45, 2.75) is 39.0 Å². The normalized spacial score (nSPS) is 16.8. The second kappa shape index (κ2) is 8.03. The molecule has 7 nitrogen and oxygen atoms in total. The Kier molecular flexibility index (Phi) is 5.29. The fourth-order valence-electron chi connectivity index (χ4n) is 4.18. The average molecular weight is 390 g/mol. The number of aryl methyl sites for hydroxylation is 2. The van der Waals surface area contributed by atoms with Gasteiger partial charge in [0.15, 0.2) is 0 Å². The number of carbonyl (C=O) groups excluding carboxylic acids is 1. The Bertz CT molecular complexity index is 990. The van der Waals surface area contributed by atoms with Gasteiger partial charge in [0, 0.05) is 47.2 Å². The molecule has 1 aliphatic rings. The first kappa shape index (κ1) is 19.1. The summed E-state index contributed by atoms with van der Waals surface area (Å²) in [5.74, 6) is 0.604. The van der Waals surface area contributed by atoms with Gasteiger partial charge in [0.1, 0.15) is 0 Å². The third-order valence-corrected chi connectivity index (χ3v) is 5.70. The number of nitrogens with zero attached hydrogens (tertiary/aromatic N) is 4. The molecule has 1 amide bonds. The fraction of sp³-hybridized carbons (Fsp3) is 0.364. The molecule has 1 aromatic carbocycles. The third-order valence-electron chi connectivity index (χ3n) is 5.70. The third kappa shape index (κ3) is 3.99. The lowest BCUT2D eigenvalue weighted by Crippen LogP contribution is -2.40. The summed E-state index contributed by atoms with van der Waals surface area (Å²) >= 11 is 0. The van der Waals surface area contributed by atoms with Crippen LogP contribution in [0.25, 0.3) is 11.1 Å². The van der Waals surface area contributed by atoms with Crippen molar-refractivity contribution < 1.29 is 4.79 Å². The van der Waals surface area contributed by atoms with Gasteiger partial charge < -0.3 is 10.6 Å². The van der Waals surface area contributed by atoms with Gasteiger partial charge in [-0.25, -0.2) is 9.97 Å². The number of nitrogens with two attached hydrogens (primary N) is 1.